The van der Waals surface area contributed by atoms with Gasteiger partial charge in [0.2, 0.25) is 0 Å². The van der Waals surface area contributed by atoms with Crippen LogP contribution in [0.3, 0.4) is 0 Å². The van der Waals surface area contributed by atoms with Crippen molar-refractivity contribution in [2.75, 3.05) is 26.4 Å². The van der Waals surface area contributed by atoms with Gasteiger partial charge in [0.15, 0.2) is 20.2 Å². The number of hydrogen-bond donors (Lipinski definition) is 0. The maximum atomic E-state index is 6.25. The van der Waals surface area contributed by atoms with Crippen LogP contribution in [0.4, 0.5) is 0 Å². The van der Waals surface area contributed by atoms with Crippen LogP contribution in [0.1, 0.15) is 182 Å². The molecule has 264 valence electrons. The van der Waals surface area contributed by atoms with Crippen molar-refractivity contribution in [3.05, 3.63) is 0 Å². The van der Waals surface area contributed by atoms with E-state index >= 15 is 0 Å². The molecule has 0 unspecified atom stereocenters. The molecule has 0 rings (SSSR count). The summed E-state index contributed by atoms with van der Waals surface area (Å²) in [7, 11) is 0. The molecule has 0 aliphatic rings. The van der Waals surface area contributed by atoms with Crippen molar-refractivity contribution in [1.82, 2.24) is 0 Å². The molecule has 4 nitrogen and oxygen atoms in total. The fourth-order valence-corrected chi connectivity index (χ4v) is 5.78. The molecule has 0 bridgehead atoms. The van der Waals surface area contributed by atoms with Crippen molar-refractivity contribution in [3.8, 4) is 0 Å². The summed E-state index contributed by atoms with van der Waals surface area (Å²) in [6.45, 7) is 10.2. The fourth-order valence-electron chi connectivity index (χ4n) is 4.96. The van der Waals surface area contributed by atoms with E-state index in [4.69, 9.17) is 67.8 Å². The Balaban J connectivity index is 5.47. The fraction of sp³-hybridized carbons (Fsp3) is 0.892. The second-order valence-corrected chi connectivity index (χ2v) is 14.6. The predicted molar refractivity (Wildman–Crippen MR) is 210 cm³/mol. The van der Waals surface area contributed by atoms with Gasteiger partial charge in [0.25, 0.3) is 0 Å². The number of hydrogen-bond acceptors (Lipinski definition) is 8. The molecule has 8 heteroatoms. The van der Waals surface area contributed by atoms with E-state index in [9.17, 15) is 0 Å². The maximum Gasteiger partial charge on any atom is 0.159 e. The zero-order valence-electron chi connectivity index (χ0n) is 29.6. The largest absolute Gasteiger partial charge is 0.486 e. The number of thiocarbonyl (C=S) groups is 4. The Morgan fingerprint density at radius 2 is 0.533 bits per heavy atom. The first kappa shape index (κ1) is 44.6. The minimum atomic E-state index is -0.642. The molecular weight excluding hydrogens is 637 g/mol. The van der Waals surface area contributed by atoms with Gasteiger partial charge in [0.1, 0.15) is 31.8 Å². The standard InChI is InChI=1S/C37H68O4S4/c1-5-9-13-17-21-25-33(42)38-29-37(30-39-34(43)26-22-18-14-10-6-2,31-40-35(44)27-23-19-15-11-7-3)32-41-36(45)28-24-20-16-12-8-4/h5-32H2,1-4H3. The number of rotatable bonds is 32. The Labute approximate surface area is 300 Å². The molecule has 0 radical (unpaired) electrons. The first-order chi connectivity index (χ1) is 21.8. The van der Waals surface area contributed by atoms with Crippen LogP contribution in [0.25, 0.3) is 0 Å². The third-order valence-electron chi connectivity index (χ3n) is 8.10. The van der Waals surface area contributed by atoms with Gasteiger partial charge >= 0.3 is 0 Å². The summed E-state index contributed by atoms with van der Waals surface area (Å²) in [5, 5.41) is 2.52. The highest BCUT2D eigenvalue weighted by molar-refractivity contribution is 7.80. The minimum absolute atomic E-state index is 0.318. The average Bonchev–Trinajstić information content (AvgIpc) is 3.03. The molecule has 0 amide bonds. The van der Waals surface area contributed by atoms with E-state index in [-0.39, 0.29) is 0 Å². The second kappa shape index (κ2) is 32.1. The van der Waals surface area contributed by atoms with Crippen molar-refractivity contribution in [3.63, 3.8) is 0 Å². The molecule has 0 saturated heterocycles. The highest BCUT2D eigenvalue weighted by Crippen LogP contribution is 2.24. The van der Waals surface area contributed by atoms with Gasteiger partial charge in [-0.1, -0.05) is 130 Å². The zero-order valence-corrected chi connectivity index (χ0v) is 32.8. The van der Waals surface area contributed by atoms with Gasteiger partial charge in [-0.3, -0.25) is 0 Å². The van der Waals surface area contributed by atoms with Crippen molar-refractivity contribution >= 4 is 69.1 Å². The van der Waals surface area contributed by atoms with Gasteiger partial charge in [-0.05, 0) is 74.6 Å². The van der Waals surface area contributed by atoms with Crippen molar-refractivity contribution < 1.29 is 18.9 Å². The van der Waals surface area contributed by atoms with Crippen LogP contribution in [-0.2, 0) is 18.9 Å². The van der Waals surface area contributed by atoms with Gasteiger partial charge in [0.05, 0.1) is 0 Å². The second-order valence-electron chi connectivity index (χ2n) is 12.8. The number of unbranched alkanes of at least 4 members (excludes halogenated alkanes) is 16. The smallest absolute Gasteiger partial charge is 0.159 e. The topological polar surface area (TPSA) is 36.9 Å². The van der Waals surface area contributed by atoms with Crippen molar-refractivity contribution in [1.29, 1.82) is 0 Å². The van der Waals surface area contributed by atoms with E-state index < -0.39 is 5.41 Å². The van der Waals surface area contributed by atoms with Gasteiger partial charge in [0, 0.05) is 25.7 Å². The Hall–Kier alpha value is -0.440. The summed E-state index contributed by atoms with van der Waals surface area (Å²) in [4.78, 5) is 0. The van der Waals surface area contributed by atoms with E-state index in [1.807, 2.05) is 0 Å². The molecule has 45 heavy (non-hydrogen) atoms. The summed E-state index contributed by atoms with van der Waals surface area (Å²) in [6.07, 6.45) is 26.9. The molecule has 0 aliphatic carbocycles. The Kier molecular flexibility index (Phi) is 31.8. The zero-order chi connectivity index (χ0) is 33.4. The molecule has 0 aromatic rings. The monoisotopic (exact) mass is 704 g/mol. The van der Waals surface area contributed by atoms with Crippen LogP contribution >= 0.6 is 48.9 Å². The van der Waals surface area contributed by atoms with Crippen LogP contribution in [0.5, 0.6) is 0 Å². The molecule has 0 aliphatic heterocycles. The quantitative estimate of drug-likeness (QED) is 0.0506. The summed E-state index contributed by atoms with van der Waals surface area (Å²) in [5.41, 5.74) is -0.642. The van der Waals surface area contributed by atoms with E-state index in [1.165, 1.54) is 103 Å². The first-order valence-electron chi connectivity index (χ1n) is 18.4. The summed E-state index contributed by atoms with van der Waals surface area (Å²) < 4.78 is 25.0. The normalized spacial score (nSPS) is 11.3. The highest BCUT2D eigenvalue weighted by atomic mass is 32.1. The SMILES string of the molecule is CCCCCCCC(=S)OCC(COC(=S)CCCCCCC)(COC(=S)CCCCCCC)COC(=S)CCCCCCC. The average molecular weight is 705 g/mol. The molecule has 0 aromatic heterocycles. The van der Waals surface area contributed by atoms with E-state index in [1.54, 1.807) is 0 Å². The molecule has 0 aromatic carbocycles. The summed E-state index contributed by atoms with van der Waals surface area (Å²) >= 11 is 22.6. The molecule has 0 fully saturated rings. The highest BCUT2D eigenvalue weighted by Gasteiger charge is 2.36. The predicted octanol–water partition coefficient (Wildman–Crippen LogP) is 12.8. The molecule has 0 spiro atoms. The minimum Gasteiger partial charge on any atom is -0.486 e. The van der Waals surface area contributed by atoms with Crippen LogP contribution in [-0.4, -0.2) is 46.6 Å². The lowest BCUT2D eigenvalue weighted by Gasteiger charge is -2.33. The molecule has 0 saturated carbocycles. The van der Waals surface area contributed by atoms with Gasteiger partial charge in [-0.15, -0.1) is 0 Å². The van der Waals surface area contributed by atoms with E-state index in [0.717, 1.165) is 51.4 Å². The molecule has 0 N–H and O–H groups in total. The lowest BCUT2D eigenvalue weighted by Crippen LogP contribution is -2.43. The van der Waals surface area contributed by atoms with Crippen molar-refractivity contribution in [2.45, 2.75) is 182 Å². The third kappa shape index (κ3) is 28.3. The summed E-state index contributed by atoms with van der Waals surface area (Å²) in [6, 6.07) is 0. The first-order valence-corrected chi connectivity index (χ1v) is 20.1. The Bertz CT molecular complexity index is 633. The molecule has 0 heterocycles. The van der Waals surface area contributed by atoms with Crippen LogP contribution in [0, 0.1) is 5.41 Å². The molecule has 0 atom stereocenters. The Morgan fingerprint density at radius 3 is 0.733 bits per heavy atom. The van der Waals surface area contributed by atoms with E-state index in [2.05, 4.69) is 27.7 Å². The van der Waals surface area contributed by atoms with Crippen LogP contribution in [0.2, 0.25) is 0 Å². The molecular formula is C37H68O4S4. The van der Waals surface area contributed by atoms with Crippen LogP contribution in [0.15, 0.2) is 0 Å². The summed E-state index contributed by atoms with van der Waals surface area (Å²) in [5.74, 6) is 0. The third-order valence-corrected chi connectivity index (χ3v) is 9.38. The van der Waals surface area contributed by atoms with Crippen LogP contribution < -0.4 is 0 Å². The van der Waals surface area contributed by atoms with E-state index in [0.29, 0.717) is 46.6 Å². The lowest BCUT2D eigenvalue weighted by molar-refractivity contribution is -0.0163. The van der Waals surface area contributed by atoms with Crippen molar-refractivity contribution in [2.24, 2.45) is 5.41 Å². The van der Waals surface area contributed by atoms with Gasteiger partial charge in [-0.2, -0.15) is 0 Å². The van der Waals surface area contributed by atoms with Gasteiger partial charge < -0.3 is 18.9 Å². The maximum absolute atomic E-state index is 6.25. The Morgan fingerprint density at radius 1 is 0.333 bits per heavy atom. The number of ether oxygens (including phenoxy) is 4. The lowest BCUT2D eigenvalue weighted by atomic mass is 9.92. The van der Waals surface area contributed by atoms with Gasteiger partial charge in [-0.25, -0.2) is 0 Å².